The maximum absolute atomic E-state index is 13.0. The summed E-state index contributed by atoms with van der Waals surface area (Å²) in [6, 6.07) is 5.29. The highest BCUT2D eigenvalue weighted by molar-refractivity contribution is 7.92. The average molecular weight is 312 g/mol. The molecule has 0 spiro atoms. The number of anilines is 1. The molecule has 1 aromatic heterocycles. The summed E-state index contributed by atoms with van der Waals surface area (Å²) in [6.07, 6.45) is 3.33. The van der Waals surface area contributed by atoms with Gasteiger partial charge in [-0.15, -0.1) is 0 Å². The molecule has 6 nitrogen and oxygen atoms in total. The smallest absolute Gasteiger partial charge is 0.283 e. The van der Waals surface area contributed by atoms with E-state index < -0.39 is 15.8 Å². The molecule has 0 fully saturated rings. The van der Waals surface area contributed by atoms with Gasteiger partial charge < -0.3 is 10.3 Å². The van der Waals surface area contributed by atoms with Crippen LogP contribution in [0.15, 0.2) is 41.8 Å². The van der Waals surface area contributed by atoms with Gasteiger partial charge in [0.15, 0.2) is 5.03 Å². The molecule has 0 radical (unpaired) electrons. The summed E-state index contributed by atoms with van der Waals surface area (Å²) in [7, 11) is -2.11. The summed E-state index contributed by atoms with van der Waals surface area (Å²) in [5.74, 6) is -0.423. The van der Waals surface area contributed by atoms with E-state index in [1.54, 1.807) is 11.6 Å². The molecule has 0 aliphatic carbocycles. The van der Waals surface area contributed by atoms with Crippen molar-refractivity contribution in [2.45, 2.75) is 11.4 Å². The molecule has 0 saturated heterocycles. The molecule has 0 saturated carbocycles. The number of rotatable bonds is 6. The predicted octanol–water partition coefficient (Wildman–Crippen LogP) is 1.10. The second-order valence-corrected chi connectivity index (χ2v) is 6.38. The van der Waals surface area contributed by atoms with E-state index in [1.165, 1.54) is 41.1 Å². The Bertz CT molecular complexity index is 697. The van der Waals surface area contributed by atoms with Crippen LogP contribution in [0.3, 0.4) is 0 Å². The van der Waals surface area contributed by atoms with Gasteiger partial charge in [0.25, 0.3) is 10.0 Å². The molecule has 21 heavy (non-hydrogen) atoms. The zero-order chi connectivity index (χ0) is 15.5. The van der Waals surface area contributed by atoms with Gasteiger partial charge in [-0.25, -0.2) is 9.37 Å². The molecule has 8 heteroatoms. The molecule has 1 aromatic carbocycles. The van der Waals surface area contributed by atoms with Crippen LogP contribution in [0.5, 0.6) is 0 Å². The molecule has 0 atom stereocenters. The van der Waals surface area contributed by atoms with Gasteiger partial charge in [-0.2, -0.15) is 8.42 Å². The lowest BCUT2D eigenvalue weighted by molar-refractivity contribution is 0.585. The monoisotopic (exact) mass is 312 g/mol. The Hall–Kier alpha value is -1.93. The first kappa shape index (κ1) is 15.5. The van der Waals surface area contributed by atoms with Gasteiger partial charge in [0.05, 0.1) is 12.0 Å². The van der Waals surface area contributed by atoms with Gasteiger partial charge in [0.2, 0.25) is 0 Å². The van der Waals surface area contributed by atoms with E-state index in [2.05, 4.69) is 4.98 Å². The average Bonchev–Trinajstić information content (AvgIpc) is 2.88. The molecule has 0 aliphatic heterocycles. The minimum absolute atomic E-state index is 0.0497. The molecule has 0 unspecified atom stereocenters. The normalized spacial score (nSPS) is 11.6. The van der Waals surface area contributed by atoms with Crippen LogP contribution in [0.25, 0.3) is 0 Å². The van der Waals surface area contributed by atoms with Crippen molar-refractivity contribution in [3.8, 4) is 0 Å². The number of imidazole rings is 1. The van der Waals surface area contributed by atoms with Crippen LogP contribution < -0.4 is 10.0 Å². The number of hydrogen-bond acceptors (Lipinski definition) is 4. The number of aryl methyl sites for hydroxylation is 1. The van der Waals surface area contributed by atoms with Crippen LogP contribution >= 0.6 is 0 Å². The van der Waals surface area contributed by atoms with Crippen molar-refractivity contribution in [1.82, 2.24) is 9.55 Å². The zero-order valence-corrected chi connectivity index (χ0v) is 12.4. The summed E-state index contributed by atoms with van der Waals surface area (Å²) < 4.78 is 41.1. The third-order valence-electron chi connectivity index (χ3n) is 2.92. The molecule has 2 rings (SSSR count). The van der Waals surface area contributed by atoms with E-state index in [9.17, 15) is 12.8 Å². The molecular formula is C13H17FN4O2S. The number of nitrogens with zero attached hydrogens (tertiary/aromatic N) is 3. The van der Waals surface area contributed by atoms with Crippen molar-refractivity contribution in [2.24, 2.45) is 12.8 Å². The van der Waals surface area contributed by atoms with E-state index in [0.717, 1.165) is 0 Å². The van der Waals surface area contributed by atoms with Crippen LogP contribution in [0.1, 0.15) is 6.42 Å². The second-order valence-electron chi connectivity index (χ2n) is 4.57. The first-order valence-corrected chi connectivity index (χ1v) is 7.85. The fraction of sp³-hybridized carbons (Fsp3) is 0.308. The Morgan fingerprint density at radius 1 is 1.33 bits per heavy atom. The summed E-state index contributed by atoms with van der Waals surface area (Å²) in [5, 5.41) is -0.0497. The predicted molar refractivity (Wildman–Crippen MR) is 77.8 cm³/mol. The highest BCUT2D eigenvalue weighted by Gasteiger charge is 2.26. The molecule has 2 aromatic rings. The molecule has 114 valence electrons. The van der Waals surface area contributed by atoms with Crippen LogP contribution in [-0.4, -0.2) is 31.1 Å². The maximum Gasteiger partial charge on any atom is 0.283 e. The van der Waals surface area contributed by atoms with E-state index in [-0.39, 0.29) is 11.6 Å². The van der Waals surface area contributed by atoms with E-state index in [4.69, 9.17) is 5.73 Å². The summed E-state index contributed by atoms with van der Waals surface area (Å²) in [4.78, 5) is 3.89. The van der Waals surface area contributed by atoms with Gasteiger partial charge in [-0.05, 0) is 37.2 Å². The molecule has 1 heterocycles. The van der Waals surface area contributed by atoms with Gasteiger partial charge in [0.1, 0.15) is 5.82 Å². The van der Waals surface area contributed by atoms with E-state index in [0.29, 0.717) is 18.7 Å². The fourth-order valence-corrected chi connectivity index (χ4v) is 3.34. The van der Waals surface area contributed by atoms with Crippen molar-refractivity contribution in [1.29, 1.82) is 0 Å². The Morgan fingerprint density at radius 3 is 2.52 bits per heavy atom. The SMILES string of the molecule is Cn1cnc(S(=O)(=O)N(CCCN)c2ccc(F)cc2)c1. The highest BCUT2D eigenvalue weighted by Crippen LogP contribution is 2.23. The first-order valence-electron chi connectivity index (χ1n) is 6.41. The lowest BCUT2D eigenvalue weighted by atomic mass is 10.3. The number of aromatic nitrogens is 2. The van der Waals surface area contributed by atoms with Gasteiger partial charge in [-0.1, -0.05) is 0 Å². The Balaban J connectivity index is 2.42. The summed E-state index contributed by atoms with van der Waals surface area (Å²) in [6.45, 7) is 0.566. The number of hydrogen-bond donors (Lipinski definition) is 1. The van der Waals surface area contributed by atoms with Crippen LogP contribution in [-0.2, 0) is 17.1 Å². The number of nitrogens with two attached hydrogens (primary N) is 1. The Morgan fingerprint density at radius 2 is 2.00 bits per heavy atom. The number of halogens is 1. The fourth-order valence-electron chi connectivity index (χ4n) is 1.87. The number of sulfonamides is 1. The van der Waals surface area contributed by atoms with Crippen LogP contribution in [0.4, 0.5) is 10.1 Å². The van der Waals surface area contributed by atoms with Gasteiger partial charge in [-0.3, -0.25) is 4.31 Å². The van der Waals surface area contributed by atoms with E-state index >= 15 is 0 Å². The Kier molecular flexibility index (Phi) is 4.59. The largest absolute Gasteiger partial charge is 0.339 e. The minimum Gasteiger partial charge on any atom is -0.339 e. The van der Waals surface area contributed by atoms with E-state index in [1.807, 2.05) is 0 Å². The van der Waals surface area contributed by atoms with Gasteiger partial charge >= 0.3 is 0 Å². The zero-order valence-electron chi connectivity index (χ0n) is 11.6. The first-order chi connectivity index (χ1) is 9.95. The van der Waals surface area contributed by atoms with Crippen LogP contribution in [0.2, 0.25) is 0 Å². The quantitative estimate of drug-likeness (QED) is 0.866. The lowest BCUT2D eigenvalue weighted by Crippen LogP contribution is -2.33. The standard InChI is InChI=1S/C13H17FN4O2S/c1-17-9-13(16-10-17)21(19,20)18(8-2-7-15)12-5-3-11(14)4-6-12/h3-6,9-10H,2,7-8,15H2,1H3. The third-order valence-corrected chi connectivity index (χ3v) is 4.63. The third kappa shape index (κ3) is 3.40. The molecular weight excluding hydrogens is 295 g/mol. The van der Waals surface area contributed by atoms with Crippen molar-refractivity contribution in [2.75, 3.05) is 17.4 Å². The van der Waals surface area contributed by atoms with Crippen molar-refractivity contribution >= 4 is 15.7 Å². The van der Waals surface area contributed by atoms with Crippen molar-refractivity contribution < 1.29 is 12.8 Å². The lowest BCUT2D eigenvalue weighted by Gasteiger charge is -2.23. The highest BCUT2D eigenvalue weighted by atomic mass is 32.2. The topological polar surface area (TPSA) is 81.2 Å². The summed E-state index contributed by atoms with van der Waals surface area (Å²) >= 11 is 0. The van der Waals surface area contributed by atoms with Crippen molar-refractivity contribution in [3.63, 3.8) is 0 Å². The van der Waals surface area contributed by atoms with Crippen LogP contribution in [0, 0.1) is 5.82 Å². The van der Waals surface area contributed by atoms with Gasteiger partial charge in [0, 0.05) is 19.8 Å². The minimum atomic E-state index is -3.79. The van der Waals surface area contributed by atoms with Crippen molar-refractivity contribution in [3.05, 3.63) is 42.6 Å². The second kappa shape index (κ2) is 6.23. The molecule has 0 aliphatic rings. The number of benzene rings is 1. The molecule has 0 bridgehead atoms. The Labute approximate surface area is 123 Å². The summed E-state index contributed by atoms with van der Waals surface area (Å²) in [5.41, 5.74) is 5.85. The molecule has 0 amide bonds. The molecule has 2 N–H and O–H groups in total. The maximum atomic E-state index is 13.0.